The highest BCUT2D eigenvalue weighted by Gasteiger charge is 2.26. The maximum Gasteiger partial charge on any atom is 0.350 e. The summed E-state index contributed by atoms with van der Waals surface area (Å²) in [5.74, 6) is -0.489. The highest BCUT2D eigenvalue weighted by molar-refractivity contribution is 7.18. The van der Waals surface area contributed by atoms with E-state index in [9.17, 15) is 9.59 Å². The molecule has 1 aliphatic rings. The third kappa shape index (κ3) is 5.13. The zero-order chi connectivity index (χ0) is 20.1. The van der Waals surface area contributed by atoms with Crippen LogP contribution >= 0.6 is 22.9 Å². The Morgan fingerprint density at radius 3 is 2.71 bits per heavy atom. The van der Waals surface area contributed by atoms with Gasteiger partial charge in [0.2, 0.25) is 0 Å². The number of halogens is 1. The summed E-state index contributed by atoms with van der Waals surface area (Å²) < 4.78 is 5.18. The molecule has 1 fully saturated rings. The lowest BCUT2D eigenvalue weighted by molar-refractivity contribution is -0.920. The second-order valence-electron chi connectivity index (χ2n) is 7.11. The Bertz CT molecular complexity index is 835. The van der Waals surface area contributed by atoms with E-state index in [-0.39, 0.29) is 12.5 Å². The number of hydrogen-bond donors (Lipinski definition) is 2. The summed E-state index contributed by atoms with van der Waals surface area (Å²) in [7, 11) is 0. The molecule has 1 aliphatic heterocycles. The molecule has 5 nitrogen and oxygen atoms in total. The maximum absolute atomic E-state index is 12.7. The van der Waals surface area contributed by atoms with Gasteiger partial charge in [0.05, 0.1) is 24.9 Å². The van der Waals surface area contributed by atoms with Crippen LogP contribution in [0.4, 0.5) is 5.69 Å². The Morgan fingerprint density at radius 2 is 2.04 bits per heavy atom. The van der Waals surface area contributed by atoms with Crippen molar-refractivity contribution in [3.63, 3.8) is 0 Å². The number of quaternary nitrogens is 1. The van der Waals surface area contributed by atoms with E-state index in [1.54, 1.807) is 19.1 Å². The van der Waals surface area contributed by atoms with Crippen molar-refractivity contribution in [3.8, 4) is 10.4 Å². The third-order valence-corrected chi connectivity index (χ3v) is 6.48. The highest BCUT2D eigenvalue weighted by Crippen LogP contribution is 2.35. The molecule has 1 amide bonds. The van der Waals surface area contributed by atoms with Gasteiger partial charge in [-0.05, 0) is 56.9 Å². The fraction of sp³-hybridized carbons (Fsp3) is 0.429. The van der Waals surface area contributed by atoms with Crippen LogP contribution in [0.5, 0.6) is 0 Å². The number of rotatable bonds is 6. The van der Waals surface area contributed by atoms with Gasteiger partial charge in [-0.25, -0.2) is 4.79 Å². The number of hydrogen-bond acceptors (Lipinski definition) is 4. The fourth-order valence-corrected chi connectivity index (χ4v) is 4.64. The molecular weight excluding hydrogens is 396 g/mol. The van der Waals surface area contributed by atoms with Crippen molar-refractivity contribution in [3.05, 3.63) is 40.2 Å². The Morgan fingerprint density at radius 1 is 1.29 bits per heavy atom. The van der Waals surface area contributed by atoms with Crippen LogP contribution in [0.2, 0.25) is 5.02 Å². The van der Waals surface area contributed by atoms with Crippen molar-refractivity contribution in [1.29, 1.82) is 0 Å². The molecule has 1 unspecified atom stereocenters. The molecule has 0 aliphatic carbocycles. The molecule has 1 aromatic carbocycles. The Hall–Kier alpha value is -1.89. The summed E-state index contributed by atoms with van der Waals surface area (Å²) in [6.07, 6.45) is 3.53. The first-order valence-electron chi connectivity index (χ1n) is 9.69. The number of carbonyl (C=O) groups excluding carboxylic acids is 2. The van der Waals surface area contributed by atoms with E-state index < -0.39 is 5.97 Å². The SMILES string of the molecule is CCOC(=O)c1sc(-c2ccc(Cl)cc2)cc1NC(=O)C[NH+]1CCCC[C@H]1C. The van der Waals surface area contributed by atoms with Crippen molar-refractivity contribution in [2.24, 2.45) is 0 Å². The second-order valence-corrected chi connectivity index (χ2v) is 8.60. The predicted molar refractivity (Wildman–Crippen MR) is 113 cm³/mol. The smallest absolute Gasteiger partial charge is 0.350 e. The van der Waals surface area contributed by atoms with Crippen molar-refractivity contribution < 1.29 is 19.2 Å². The zero-order valence-electron chi connectivity index (χ0n) is 16.2. The Kier molecular flexibility index (Phi) is 7.10. The molecule has 28 heavy (non-hydrogen) atoms. The van der Waals surface area contributed by atoms with Crippen molar-refractivity contribution in [2.45, 2.75) is 39.2 Å². The van der Waals surface area contributed by atoms with Crippen LogP contribution in [0.25, 0.3) is 10.4 Å². The quantitative estimate of drug-likeness (QED) is 0.700. The van der Waals surface area contributed by atoms with E-state index in [1.165, 1.54) is 22.7 Å². The van der Waals surface area contributed by atoms with Gasteiger partial charge in [-0.2, -0.15) is 0 Å². The average molecular weight is 422 g/mol. The van der Waals surface area contributed by atoms with Gasteiger partial charge >= 0.3 is 5.97 Å². The lowest BCUT2D eigenvalue weighted by atomic mass is 10.0. The molecule has 1 aromatic heterocycles. The monoisotopic (exact) mass is 421 g/mol. The van der Waals surface area contributed by atoms with Crippen LogP contribution in [-0.2, 0) is 9.53 Å². The molecule has 0 saturated carbocycles. The largest absolute Gasteiger partial charge is 0.462 e. The van der Waals surface area contributed by atoms with Gasteiger partial charge in [0.1, 0.15) is 4.88 Å². The molecule has 150 valence electrons. The molecular formula is C21H26ClN2O3S+. The molecule has 2 atom stereocenters. The summed E-state index contributed by atoms with van der Waals surface area (Å²) >= 11 is 7.29. The van der Waals surface area contributed by atoms with E-state index in [0.29, 0.717) is 28.2 Å². The van der Waals surface area contributed by atoms with Crippen LogP contribution in [0.15, 0.2) is 30.3 Å². The van der Waals surface area contributed by atoms with Crippen LogP contribution in [0.1, 0.15) is 42.8 Å². The maximum atomic E-state index is 12.7. The topological polar surface area (TPSA) is 59.8 Å². The van der Waals surface area contributed by atoms with Gasteiger partial charge in [-0.3, -0.25) is 4.79 Å². The van der Waals surface area contributed by atoms with Gasteiger partial charge in [-0.15, -0.1) is 11.3 Å². The highest BCUT2D eigenvalue weighted by atomic mass is 35.5. The van der Waals surface area contributed by atoms with Crippen molar-refractivity contribution in [2.75, 3.05) is 25.0 Å². The molecule has 0 spiro atoms. The Labute approximate surface area is 174 Å². The first-order valence-corrected chi connectivity index (χ1v) is 10.9. The number of benzene rings is 1. The predicted octanol–water partition coefficient (Wildman–Crippen LogP) is 3.64. The number of anilines is 1. The normalized spacial score (nSPS) is 19.2. The molecule has 0 radical (unpaired) electrons. The Balaban J connectivity index is 1.80. The van der Waals surface area contributed by atoms with E-state index in [4.69, 9.17) is 16.3 Å². The van der Waals surface area contributed by atoms with E-state index in [1.807, 2.05) is 18.2 Å². The molecule has 2 heterocycles. The summed E-state index contributed by atoms with van der Waals surface area (Å²) in [6.45, 7) is 5.67. The minimum absolute atomic E-state index is 0.0743. The number of esters is 1. The van der Waals surface area contributed by atoms with Gasteiger partial charge < -0.3 is 15.0 Å². The van der Waals surface area contributed by atoms with Crippen LogP contribution in [0, 0.1) is 0 Å². The second kappa shape index (κ2) is 9.54. The summed E-state index contributed by atoms with van der Waals surface area (Å²) in [4.78, 5) is 27.7. The third-order valence-electron chi connectivity index (χ3n) is 5.07. The number of amides is 1. The van der Waals surface area contributed by atoms with E-state index in [2.05, 4.69) is 12.2 Å². The number of nitrogens with one attached hydrogen (secondary N) is 2. The summed E-state index contributed by atoms with van der Waals surface area (Å²) in [5, 5.41) is 3.59. The first-order chi connectivity index (χ1) is 13.5. The van der Waals surface area contributed by atoms with Gasteiger partial charge in [0.15, 0.2) is 6.54 Å². The minimum Gasteiger partial charge on any atom is -0.462 e. The summed E-state index contributed by atoms with van der Waals surface area (Å²) in [5.41, 5.74) is 1.46. The number of thiophene rings is 1. The molecule has 7 heteroatoms. The van der Waals surface area contributed by atoms with Crippen molar-refractivity contribution >= 4 is 40.5 Å². The molecule has 2 N–H and O–H groups in total. The summed E-state index contributed by atoms with van der Waals surface area (Å²) in [6, 6.07) is 9.73. The van der Waals surface area contributed by atoms with Crippen LogP contribution < -0.4 is 10.2 Å². The van der Waals surface area contributed by atoms with Gasteiger partial charge in [-0.1, -0.05) is 23.7 Å². The van der Waals surface area contributed by atoms with Crippen LogP contribution in [0.3, 0.4) is 0 Å². The molecule has 3 rings (SSSR count). The minimum atomic E-state index is -0.415. The van der Waals surface area contributed by atoms with E-state index >= 15 is 0 Å². The van der Waals surface area contributed by atoms with Crippen LogP contribution in [-0.4, -0.2) is 37.6 Å². The lowest BCUT2D eigenvalue weighted by Gasteiger charge is -2.29. The molecule has 0 bridgehead atoms. The standard InChI is InChI=1S/C21H25ClN2O3S/c1-3-27-21(26)20-17(12-18(28-20)15-7-9-16(22)10-8-15)23-19(25)13-24-11-5-4-6-14(24)2/h7-10,12,14H,3-6,11,13H2,1-2H3,(H,23,25)/p+1/t14-/m1/s1. The lowest BCUT2D eigenvalue weighted by Crippen LogP contribution is -3.17. The van der Waals surface area contributed by atoms with Crippen molar-refractivity contribution in [1.82, 2.24) is 0 Å². The number of piperidine rings is 1. The molecule has 2 aromatic rings. The number of ether oxygens (including phenoxy) is 1. The molecule has 1 saturated heterocycles. The number of carbonyl (C=O) groups is 2. The fourth-order valence-electron chi connectivity index (χ4n) is 3.50. The zero-order valence-corrected chi connectivity index (χ0v) is 17.8. The number of likely N-dealkylation sites (tertiary alicyclic amines) is 1. The van der Waals surface area contributed by atoms with E-state index in [0.717, 1.165) is 29.8 Å². The van der Waals surface area contributed by atoms with Gasteiger partial charge in [0, 0.05) is 9.90 Å². The average Bonchev–Trinajstić information content (AvgIpc) is 3.08. The van der Waals surface area contributed by atoms with Gasteiger partial charge in [0.25, 0.3) is 5.91 Å². The first kappa shape index (κ1) is 20.8.